The first-order chi connectivity index (χ1) is 10.7. The number of hydrogen-bond donors (Lipinski definition) is 0. The summed E-state index contributed by atoms with van der Waals surface area (Å²) in [4.78, 5) is 11.2. The second-order valence-corrected chi connectivity index (χ2v) is 7.12. The van der Waals surface area contributed by atoms with Gasteiger partial charge in [0.15, 0.2) is 0 Å². The Bertz CT molecular complexity index is 230. The van der Waals surface area contributed by atoms with Crippen molar-refractivity contribution in [3.8, 4) is 0 Å². The van der Waals surface area contributed by atoms with E-state index in [9.17, 15) is 4.79 Å². The summed E-state index contributed by atoms with van der Waals surface area (Å²) in [6.07, 6.45) is 20.8. The van der Waals surface area contributed by atoms with E-state index in [0.29, 0.717) is 5.78 Å². The molecule has 22 heavy (non-hydrogen) atoms. The minimum absolute atomic E-state index is 0.511. The number of carbonyl (C=O) groups excluding carboxylic acids is 1. The van der Waals surface area contributed by atoms with E-state index < -0.39 is 0 Å². The van der Waals surface area contributed by atoms with Gasteiger partial charge < -0.3 is 0 Å². The van der Waals surface area contributed by atoms with Crippen molar-refractivity contribution in [3.05, 3.63) is 0 Å². The van der Waals surface area contributed by atoms with Gasteiger partial charge in [-0.3, -0.25) is 4.79 Å². The molecule has 0 amide bonds. The first-order valence-corrected chi connectivity index (χ1v) is 10.3. The van der Waals surface area contributed by atoms with E-state index in [1.54, 1.807) is 0 Å². The summed E-state index contributed by atoms with van der Waals surface area (Å²) in [6.45, 7) is 6.75. The van der Waals surface area contributed by atoms with Crippen molar-refractivity contribution in [2.45, 2.75) is 124 Å². The summed E-state index contributed by atoms with van der Waals surface area (Å²) in [5, 5.41) is 0. The van der Waals surface area contributed by atoms with Gasteiger partial charge in [-0.25, -0.2) is 0 Å². The van der Waals surface area contributed by atoms with Crippen molar-refractivity contribution in [2.75, 3.05) is 0 Å². The summed E-state index contributed by atoms with van der Waals surface area (Å²) < 4.78 is 0. The van der Waals surface area contributed by atoms with Gasteiger partial charge in [0.25, 0.3) is 0 Å². The van der Waals surface area contributed by atoms with Gasteiger partial charge in [-0.2, -0.15) is 0 Å². The lowest BCUT2D eigenvalue weighted by molar-refractivity contribution is -0.121. The Kier molecular flexibility index (Phi) is 16.8. The highest BCUT2D eigenvalue weighted by Crippen LogP contribution is 2.26. The monoisotopic (exact) mass is 310 g/mol. The number of Topliss-reactive ketones (excluding diaryl/α,β-unsaturated/α-hetero) is 1. The van der Waals surface area contributed by atoms with E-state index in [2.05, 4.69) is 20.8 Å². The van der Waals surface area contributed by atoms with Crippen molar-refractivity contribution in [1.82, 2.24) is 0 Å². The van der Waals surface area contributed by atoms with Crippen LogP contribution in [0.15, 0.2) is 0 Å². The molecule has 0 radical (unpaired) electrons. The molecule has 0 saturated heterocycles. The largest absolute Gasteiger partial charge is 0.300 e. The van der Waals surface area contributed by atoms with Crippen LogP contribution in [0.5, 0.6) is 0 Å². The number of hydrogen-bond acceptors (Lipinski definition) is 1. The predicted octanol–water partition coefficient (Wildman–Crippen LogP) is 7.47. The Morgan fingerprint density at radius 1 is 0.773 bits per heavy atom. The molecule has 0 heterocycles. The Labute approximate surface area is 140 Å². The highest BCUT2D eigenvalue weighted by atomic mass is 16.1. The summed E-state index contributed by atoms with van der Waals surface area (Å²) >= 11 is 0. The van der Waals surface area contributed by atoms with Gasteiger partial charge in [0.1, 0.15) is 5.78 Å². The molecule has 1 nitrogen and oxygen atoms in total. The van der Waals surface area contributed by atoms with Gasteiger partial charge in [-0.05, 0) is 18.8 Å². The van der Waals surface area contributed by atoms with Crippen LogP contribution in [-0.2, 0) is 4.79 Å². The van der Waals surface area contributed by atoms with Crippen LogP contribution in [-0.4, -0.2) is 5.78 Å². The van der Waals surface area contributed by atoms with Gasteiger partial charge in [0.2, 0.25) is 0 Å². The average molecular weight is 311 g/mol. The Morgan fingerprint density at radius 2 is 1.27 bits per heavy atom. The Balaban J connectivity index is 0.000000534. The van der Waals surface area contributed by atoms with Crippen molar-refractivity contribution < 1.29 is 4.79 Å². The van der Waals surface area contributed by atoms with Crippen LogP contribution in [0.3, 0.4) is 0 Å². The van der Waals surface area contributed by atoms with E-state index in [1.165, 1.54) is 83.5 Å². The third kappa shape index (κ3) is 14.6. The SMILES string of the molecule is CCCCCCC.CCCCCCCCC1CCCC(=O)C1. The molecular weight excluding hydrogens is 268 g/mol. The molecule has 1 heteroatoms. The van der Waals surface area contributed by atoms with Crippen molar-refractivity contribution >= 4 is 5.78 Å². The molecule has 0 aromatic rings. The molecule has 1 unspecified atom stereocenters. The molecule has 1 rings (SSSR count). The number of ketones is 1. The average Bonchev–Trinajstić information content (AvgIpc) is 2.52. The zero-order valence-corrected chi connectivity index (χ0v) is 15.8. The first-order valence-electron chi connectivity index (χ1n) is 10.3. The molecule has 1 saturated carbocycles. The fraction of sp³-hybridized carbons (Fsp3) is 0.952. The van der Waals surface area contributed by atoms with Crippen LogP contribution in [0.1, 0.15) is 124 Å². The lowest BCUT2D eigenvalue weighted by atomic mass is 9.85. The molecule has 0 aliphatic heterocycles. The third-order valence-electron chi connectivity index (χ3n) is 4.76. The minimum atomic E-state index is 0.511. The molecule has 0 aromatic heterocycles. The Hall–Kier alpha value is -0.330. The van der Waals surface area contributed by atoms with E-state index in [4.69, 9.17) is 0 Å². The maximum atomic E-state index is 11.2. The zero-order chi connectivity index (χ0) is 16.5. The summed E-state index contributed by atoms with van der Waals surface area (Å²) in [6, 6.07) is 0. The number of unbranched alkanes of at least 4 members (excludes halogenated alkanes) is 9. The molecule has 0 aromatic carbocycles. The van der Waals surface area contributed by atoms with Gasteiger partial charge >= 0.3 is 0 Å². The maximum absolute atomic E-state index is 11.2. The molecule has 1 aliphatic rings. The molecular formula is C21H42O. The van der Waals surface area contributed by atoms with Gasteiger partial charge in [0.05, 0.1) is 0 Å². The molecule has 0 N–H and O–H groups in total. The normalized spacial score (nSPS) is 18.0. The Morgan fingerprint density at radius 3 is 1.82 bits per heavy atom. The highest BCUT2D eigenvalue weighted by Gasteiger charge is 2.18. The second kappa shape index (κ2) is 17.0. The molecule has 132 valence electrons. The third-order valence-corrected chi connectivity index (χ3v) is 4.76. The van der Waals surface area contributed by atoms with Crippen LogP contribution in [0.25, 0.3) is 0 Å². The molecule has 0 bridgehead atoms. The van der Waals surface area contributed by atoms with Crippen LogP contribution in [0.4, 0.5) is 0 Å². The van der Waals surface area contributed by atoms with Crippen LogP contribution in [0.2, 0.25) is 0 Å². The predicted molar refractivity (Wildman–Crippen MR) is 99.4 cm³/mol. The van der Waals surface area contributed by atoms with Crippen LogP contribution in [0, 0.1) is 5.92 Å². The van der Waals surface area contributed by atoms with E-state index >= 15 is 0 Å². The molecule has 0 spiro atoms. The van der Waals surface area contributed by atoms with Crippen molar-refractivity contribution in [3.63, 3.8) is 0 Å². The maximum Gasteiger partial charge on any atom is 0.133 e. The van der Waals surface area contributed by atoms with E-state index in [1.807, 2.05) is 0 Å². The van der Waals surface area contributed by atoms with Gasteiger partial charge in [-0.15, -0.1) is 0 Å². The summed E-state index contributed by atoms with van der Waals surface area (Å²) in [5.41, 5.74) is 0. The van der Waals surface area contributed by atoms with E-state index in [0.717, 1.165) is 25.2 Å². The molecule has 1 aliphatic carbocycles. The van der Waals surface area contributed by atoms with Crippen molar-refractivity contribution in [2.24, 2.45) is 5.92 Å². The van der Waals surface area contributed by atoms with Crippen LogP contribution < -0.4 is 0 Å². The first kappa shape index (κ1) is 21.7. The number of carbonyl (C=O) groups is 1. The molecule has 1 fully saturated rings. The summed E-state index contributed by atoms with van der Waals surface area (Å²) in [5.74, 6) is 1.25. The minimum Gasteiger partial charge on any atom is -0.300 e. The lowest BCUT2D eigenvalue weighted by Crippen LogP contribution is -2.14. The standard InChI is InChI=1S/C14H26O.C7H16/c1-2-3-4-5-6-7-9-13-10-8-11-14(15)12-13;1-3-5-7-6-4-2/h13H,2-12H2,1H3;3-7H2,1-2H3. The summed E-state index contributed by atoms with van der Waals surface area (Å²) in [7, 11) is 0. The topological polar surface area (TPSA) is 17.1 Å². The van der Waals surface area contributed by atoms with Crippen LogP contribution >= 0.6 is 0 Å². The second-order valence-electron chi connectivity index (χ2n) is 7.12. The van der Waals surface area contributed by atoms with Crippen molar-refractivity contribution in [1.29, 1.82) is 0 Å². The smallest absolute Gasteiger partial charge is 0.133 e. The van der Waals surface area contributed by atoms with Gasteiger partial charge in [0, 0.05) is 12.8 Å². The molecule has 1 atom stereocenters. The fourth-order valence-electron chi connectivity index (χ4n) is 3.25. The lowest BCUT2D eigenvalue weighted by Gasteiger charge is -2.20. The zero-order valence-electron chi connectivity index (χ0n) is 15.8. The number of rotatable bonds is 11. The highest BCUT2D eigenvalue weighted by molar-refractivity contribution is 5.79. The quantitative estimate of drug-likeness (QED) is 0.362. The van der Waals surface area contributed by atoms with E-state index in [-0.39, 0.29) is 0 Å². The van der Waals surface area contributed by atoms with Gasteiger partial charge in [-0.1, -0.05) is 97.8 Å². The fourth-order valence-corrected chi connectivity index (χ4v) is 3.25.